The number of hydrogen-bond acceptors (Lipinski definition) is 11. The highest BCUT2D eigenvalue weighted by Gasteiger charge is 2.62. The van der Waals surface area contributed by atoms with Crippen LogP contribution in [-0.2, 0) is 21.4 Å². The van der Waals surface area contributed by atoms with Gasteiger partial charge in [-0.3, -0.25) is 15.1 Å². The minimum absolute atomic E-state index is 0.000246. The average molecular weight is 1070 g/mol. The number of guanidine groups is 1. The fourth-order valence-electron chi connectivity index (χ4n) is 17.9. The van der Waals surface area contributed by atoms with E-state index in [0.717, 1.165) is 120 Å². The van der Waals surface area contributed by atoms with E-state index in [9.17, 15) is 20.4 Å². The summed E-state index contributed by atoms with van der Waals surface area (Å²) in [6, 6.07) is 13.3. The zero-order valence-electron chi connectivity index (χ0n) is 47.2. The van der Waals surface area contributed by atoms with Crippen molar-refractivity contribution in [3.05, 3.63) is 53.6 Å². The highest BCUT2D eigenvalue weighted by Crippen LogP contribution is 2.67. The molecule has 6 fully saturated rings. The van der Waals surface area contributed by atoms with Crippen molar-refractivity contribution in [3.8, 4) is 47.0 Å². The van der Waals surface area contributed by atoms with Crippen molar-refractivity contribution in [3.63, 3.8) is 0 Å². The zero-order valence-corrected chi connectivity index (χ0v) is 47.2. The number of allylic oxidation sites excluding steroid dienone is 2. The number of likely N-dealkylation sites (N-methyl/N-ethyl adjacent to an activating group) is 1. The van der Waals surface area contributed by atoms with Crippen LogP contribution in [0.2, 0.25) is 0 Å². The maximum absolute atomic E-state index is 15.8. The maximum Gasteiger partial charge on any atom is 0.207 e. The SMILES string of the molecule is CCC1CCC2C(C1)C1C=CC(=O)C3(Cc4ccc(O)c(OC)c4)CCCC3CC#CNC(=NC)Nc3cc(cc4c3OC#CC3(CCCCC3)C3CC(CNC)(CC3CC(O)OCCCO)O4)C13CCCC3C2CCCO. The summed E-state index contributed by atoms with van der Waals surface area (Å²) in [5, 5.41) is 52.9. The summed E-state index contributed by atoms with van der Waals surface area (Å²) < 4.78 is 26.3. The first-order valence-corrected chi connectivity index (χ1v) is 30.3. The van der Waals surface area contributed by atoms with Gasteiger partial charge in [-0.25, -0.2) is 0 Å². The van der Waals surface area contributed by atoms with Gasteiger partial charge in [-0.05, 0) is 192 Å². The number of aromatic hydroxyl groups is 1. The normalized spacial score (nSPS) is 34.6. The molecule has 6 saturated carbocycles. The van der Waals surface area contributed by atoms with Crippen LogP contribution in [0.4, 0.5) is 5.69 Å². The monoisotopic (exact) mass is 1070 g/mol. The van der Waals surface area contributed by atoms with Crippen LogP contribution in [0.1, 0.15) is 159 Å². The largest absolute Gasteiger partial charge is 0.504 e. The number of ketones is 1. The molecule has 4 bridgehead atoms. The Labute approximate surface area is 464 Å². The lowest BCUT2D eigenvalue weighted by Crippen LogP contribution is -2.55. The lowest BCUT2D eigenvalue weighted by Gasteiger charge is -2.59. The van der Waals surface area contributed by atoms with E-state index in [2.05, 4.69) is 65.1 Å². The summed E-state index contributed by atoms with van der Waals surface area (Å²) in [5.74, 6) is 11.7. The van der Waals surface area contributed by atoms with E-state index in [4.69, 9.17) is 23.9 Å². The van der Waals surface area contributed by atoms with Crippen LogP contribution in [0, 0.1) is 88.1 Å². The standard InChI is InChI=1S/C65H90N4O9/c1-5-43-18-20-48-49(16-12-30-70)51-17-10-27-65(51)47-37-54(60-57(38-47)78-63(42-66-2)40-45(36-59(74)76-32-13-31-71)53(41-63)62(28-33-77-60)24-7-6-8-25-62)69-61(67-3)68-29-11-15-46-14-9-26-64(46,58(73)23-21-52(65)50(48)34-43)39-44-19-22-55(72)56(35-44)75-4/h19,21-23,35,37-38,43,45-46,48-53,59,66,70-72,74H,5-10,12-18,20,24-27,30-32,34,36,39-42H2,1-4H3,(H2,67,68,69). The Hall–Kier alpha value is -4.76. The highest BCUT2D eigenvalue weighted by atomic mass is 16.6. The summed E-state index contributed by atoms with van der Waals surface area (Å²) in [4.78, 5) is 20.6. The average Bonchev–Trinajstić information content (AvgIpc) is 4.31. The van der Waals surface area contributed by atoms with E-state index in [1.165, 1.54) is 6.42 Å². The van der Waals surface area contributed by atoms with E-state index < -0.39 is 22.7 Å². The quantitative estimate of drug-likeness (QED) is 0.0510. The van der Waals surface area contributed by atoms with Gasteiger partial charge in [0.15, 0.2) is 29.3 Å². The van der Waals surface area contributed by atoms with Crippen molar-refractivity contribution in [1.82, 2.24) is 10.6 Å². The van der Waals surface area contributed by atoms with Crippen molar-refractivity contribution in [2.75, 3.05) is 52.9 Å². The molecular formula is C65H90N4O9. The van der Waals surface area contributed by atoms with Gasteiger partial charge in [-0.15, -0.1) is 0 Å². The van der Waals surface area contributed by atoms with Crippen LogP contribution in [0.25, 0.3) is 0 Å². The molecule has 13 atom stereocenters. The minimum Gasteiger partial charge on any atom is -0.504 e. The molecule has 13 nitrogen and oxygen atoms in total. The molecule has 424 valence electrons. The molecule has 2 aromatic rings. The van der Waals surface area contributed by atoms with Crippen LogP contribution in [0.5, 0.6) is 23.0 Å². The molecule has 0 saturated heterocycles. The molecule has 6 aliphatic carbocycles. The third-order valence-electron chi connectivity index (χ3n) is 21.2. The Morgan fingerprint density at radius 1 is 0.962 bits per heavy atom. The Morgan fingerprint density at radius 3 is 2.58 bits per heavy atom. The third-order valence-corrected chi connectivity index (χ3v) is 21.2. The second kappa shape index (κ2) is 24.5. The number of aliphatic hydroxyl groups excluding tert-OH is 3. The number of nitrogens with zero attached hydrogens (tertiary/aromatic N) is 1. The molecular weight excluding hydrogens is 981 g/mol. The van der Waals surface area contributed by atoms with E-state index in [1.807, 2.05) is 25.3 Å². The van der Waals surface area contributed by atoms with Crippen LogP contribution in [0.3, 0.4) is 0 Å². The summed E-state index contributed by atoms with van der Waals surface area (Å²) >= 11 is 0. The van der Waals surface area contributed by atoms with Gasteiger partial charge in [0, 0.05) is 61.9 Å². The van der Waals surface area contributed by atoms with Crippen LogP contribution < -0.4 is 30.2 Å². The molecule has 2 aliphatic heterocycles. The lowest BCUT2D eigenvalue weighted by molar-refractivity contribution is -0.126. The first kappa shape index (κ1) is 56.5. The van der Waals surface area contributed by atoms with Gasteiger partial charge in [0.25, 0.3) is 0 Å². The van der Waals surface area contributed by atoms with Crippen molar-refractivity contribution in [2.24, 2.45) is 69.1 Å². The molecule has 8 aliphatic rings. The first-order chi connectivity index (χ1) is 38.0. The Balaban J connectivity index is 1.17. The number of hydrogen-bond donors (Lipinski definition) is 7. The molecule has 0 aromatic heterocycles. The van der Waals surface area contributed by atoms with E-state index in [1.54, 1.807) is 20.2 Å². The van der Waals surface area contributed by atoms with Gasteiger partial charge < -0.3 is 50.0 Å². The van der Waals surface area contributed by atoms with E-state index >= 15 is 4.79 Å². The van der Waals surface area contributed by atoms with Crippen LogP contribution in [-0.4, -0.2) is 91.6 Å². The van der Waals surface area contributed by atoms with E-state index in [0.29, 0.717) is 91.2 Å². The molecule has 13 unspecified atom stereocenters. The number of aliphatic imine (C=N–C) groups is 1. The number of phenolic OH excluding ortho intramolecular Hbond substituents is 1. The summed E-state index contributed by atoms with van der Waals surface area (Å²) in [6.07, 6.45) is 27.2. The van der Waals surface area contributed by atoms with Gasteiger partial charge in [-0.2, -0.15) is 0 Å². The Kier molecular flexibility index (Phi) is 17.8. The number of carbonyl (C=O) groups is 1. The predicted octanol–water partition coefficient (Wildman–Crippen LogP) is 10.2. The molecule has 0 amide bonds. The van der Waals surface area contributed by atoms with E-state index in [-0.39, 0.29) is 66.4 Å². The number of phenols is 1. The van der Waals surface area contributed by atoms with Gasteiger partial charge in [0.2, 0.25) is 11.7 Å². The molecule has 2 aromatic carbocycles. The second-order valence-corrected chi connectivity index (χ2v) is 25.1. The number of nitrogens with one attached hydrogen (secondary N) is 3. The number of rotatable bonds is 15. The lowest BCUT2D eigenvalue weighted by atomic mass is 9.45. The number of benzene rings is 2. The summed E-state index contributed by atoms with van der Waals surface area (Å²) in [6.45, 7) is 3.36. The predicted molar refractivity (Wildman–Crippen MR) is 304 cm³/mol. The first-order valence-electron chi connectivity index (χ1n) is 30.3. The third kappa shape index (κ3) is 10.9. The molecule has 0 radical (unpaired) electrons. The second-order valence-electron chi connectivity index (χ2n) is 25.1. The molecule has 78 heavy (non-hydrogen) atoms. The zero-order chi connectivity index (χ0) is 54.5. The van der Waals surface area contributed by atoms with Gasteiger partial charge in [-0.1, -0.05) is 75.9 Å². The number of ether oxygens (including phenoxy) is 4. The summed E-state index contributed by atoms with van der Waals surface area (Å²) in [5.41, 5.74) is 0.666. The Morgan fingerprint density at radius 2 is 1.79 bits per heavy atom. The van der Waals surface area contributed by atoms with Crippen molar-refractivity contribution >= 4 is 17.4 Å². The molecule has 2 spiro atoms. The Bertz CT molecular complexity index is 2630. The topological polar surface area (TPSA) is 183 Å². The van der Waals surface area contributed by atoms with Crippen LogP contribution >= 0.6 is 0 Å². The minimum atomic E-state index is -0.983. The highest BCUT2D eigenvalue weighted by molar-refractivity contribution is 5.97. The molecule has 2 heterocycles. The fourth-order valence-corrected chi connectivity index (χ4v) is 17.9. The number of anilines is 1. The van der Waals surface area contributed by atoms with Crippen molar-refractivity contribution in [1.29, 1.82) is 0 Å². The van der Waals surface area contributed by atoms with Crippen molar-refractivity contribution in [2.45, 2.75) is 172 Å². The van der Waals surface area contributed by atoms with Gasteiger partial charge in [0.1, 0.15) is 11.7 Å². The molecule has 7 N–H and O–H groups in total. The number of carbonyl (C=O) groups excluding carboxylic acids is 1. The number of fused-ring (bicyclic) bond motifs is 10. The smallest absolute Gasteiger partial charge is 0.207 e. The van der Waals surface area contributed by atoms with Crippen LogP contribution in [0.15, 0.2) is 47.5 Å². The number of aliphatic hydroxyl groups is 3. The van der Waals surface area contributed by atoms with Crippen molar-refractivity contribution < 1.29 is 44.2 Å². The molecule has 10 rings (SSSR count). The number of methoxy groups -OCH3 is 1. The van der Waals surface area contributed by atoms with Gasteiger partial charge in [0.05, 0.1) is 19.4 Å². The summed E-state index contributed by atoms with van der Waals surface area (Å²) in [7, 11) is 5.31. The fraction of sp³-hybridized carbons (Fsp3) is 0.692. The maximum atomic E-state index is 15.8. The van der Waals surface area contributed by atoms with Gasteiger partial charge >= 0.3 is 0 Å². The molecule has 13 heteroatoms.